The number of hydrogen-bond donors (Lipinski definition) is 0. The maximum atomic E-state index is 3.25. The van der Waals surface area contributed by atoms with Gasteiger partial charge in [0.25, 0.3) is 0 Å². The minimum absolute atomic E-state index is 0. The van der Waals surface area contributed by atoms with Gasteiger partial charge in [-0.1, -0.05) is 12.1 Å². The molecule has 0 amide bonds. The Morgan fingerprint density at radius 3 is 2.31 bits per heavy atom. The first-order valence-corrected chi connectivity index (χ1v) is 4.03. The van der Waals surface area contributed by atoms with Gasteiger partial charge in [-0.2, -0.15) is 6.92 Å². The van der Waals surface area contributed by atoms with Crippen LogP contribution in [0.3, 0.4) is 0 Å². The van der Waals surface area contributed by atoms with E-state index in [0.29, 0.717) is 0 Å². The van der Waals surface area contributed by atoms with Crippen LogP contribution in [0.4, 0.5) is 0 Å². The molecule has 0 spiro atoms. The van der Waals surface area contributed by atoms with Gasteiger partial charge in [0.1, 0.15) is 0 Å². The third-order valence-electron chi connectivity index (χ3n) is 1.57. The summed E-state index contributed by atoms with van der Waals surface area (Å²) in [4.78, 5) is 0. The molecule has 0 fully saturated rings. The van der Waals surface area contributed by atoms with E-state index in [1.807, 2.05) is 24.3 Å². The molecule has 0 nitrogen and oxygen atoms in total. The topological polar surface area (TPSA) is 0 Å². The van der Waals surface area contributed by atoms with E-state index in [2.05, 4.69) is 31.2 Å². The number of hydrogen-bond acceptors (Lipinski definition) is 0. The molecule has 0 N–H and O–H groups in total. The Labute approximate surface area is 96.1 Å². The van der Waals surface area contributed by atoms with Crippen LogP contribution < -0.4 is 0 Å². The molecule has 0 aliphatic carbocycles. The monoisotopic (exact) mass is 180 g/mol. The maximum Gasteiger partial charge on any atom is 2.00 e. The molecular formula is C12H12Mg. The molecule has 0 heterocycles. The molecule has 13 heavy (non-hydrogen) atoms. The quantitative estimate of drug-likeness (QED) is 0.432. The van der Waals surface area contributed by atoms with Crippen LogP contribution in [0.1, 0.15) is 6.92 Å². The fraction of sp³-hybridized carbons (Fsp3) is 0.0833. The molecule has 0 aliphatic heterocycles. The van der Waals surface area contributed by atoms with Crippen molar-refractivity contribution in [3.05, 3.63) is 55.5 Å². The number of rotatable bonds is 0. The summed E-state index contributed by atoms with van der Waals surface area (Å²) in [6, 6.07) is 17.4. The van der Waals surface area contributed by atoms with Crippen LogP contribution >= 0.6 is 0 Å². The Bertz CT molecular complexity index is 276. The molecular weight excluding hydrogens is 168 g/mol. The zero-order valence-electron chi connectivity index (χ0n) is 7.96. The van der Waals surface area contributed by atoms with Gasteiger partial charge in [0.15, 0.2) is 0 Å². The van der Waals surface area contributed by atoms with Crippen molar-refractivity contribution in [1.82, 2.24) is 0 Å². The van der Waals surface area contributed by atoms with Crippen LogP contribution in [0, 0.1) is 13.0 Å². The van der Waals surface area contributed by atoms with E-state index >= 15 is 0 Å². The summed E-state index contributed by atoms with van der Waals surface area (Å²) in [6.07, 6.45) is 0. The first-order chi connectivity index (χ1) is 5.97. The van der Waals surface area contributed by atoms with Gasteiger partial charge in [-0.3, -0.25) is 0 Å². The summed E-state index contributed by atoms with van der Waals surface area (Å²) in [6.45, 7) is 5.00. The maximum absolute atomic E-state index is 3.25. The van der Waals surface area contributed by atoms with Gasteiger partial charge in [0.05, 0.1) is 0 Å². The van der Waals surface area contributed by atoms with Crippen LogP contribution in [0.25, 0.3) is 10.8 Å². The fourth-order valence-corrected chi connectivity index (χ4v) is 1.06. The van der Waals surface area contributed by atoms with E-state index in [4.69, 9.17) is 0 Å². The average Bonchev–Trinajstić information content (AvgIpc) is 2.21. The largest absolute Gasteiger partial charge is 2.00 e. The molecule has 0 atom stereocenters. The van der Waals surface area contributed by atoms with E-state index in [1.165, 1.54) is 10.8 Å². The molecule has 62 valence electrons. The van der Waals surface area contributed by atoms with Gasteiger partial charge in [-0.05, 0) is 0 Å². The summed E-state index contributed by atoms with van der Waals surface area (Å²) < 4.78 is 0. The van der Waals surface area contributed by atoms with Gasteiger partial charge in [-0.25, -0.2) is 0 Å². The normalized spacial score (nSPS) is 8.15. The number of fused-ring (bicyclic) bond motifs is 1. The third-order valence-corrected chi connectivity index (χ3v) is 1.57. The predicted octanol–water partition coefficient (Wildman–Crippen LogP) is 3.10. The van der Waals surface area contributed by atoms with Crippen LogP contribution in [-0.4, -0.2) is 23.1 Å². The van der Waals surface area contributed by atoms with Gasteiger partial charge < -0.3 is 6.92 Å². The summed E-state index contributed by atoms with van der Waals surface area (Å²) in [7, 11) is 0. The Kier molecular flexibility index (Phi) is 6.64. The standard InChI is InChI=1S/C10H7.C2H5.Mg/c1-2-6-10-8-4-3-7-9(10)5-1;1-2;/h1-7H;1H2,2H3;/q2*-1;+2. The van der Waals surface area contributed by atoms with Crippen LogP contribution in [0.5, 0.6) is 0 Å². The van der Waals surface area contributed by atoms with Crippen molar-refractivity contribution in [2.24, 2.45) is 0 Å². The van der Waals surface area contributed by atoms with Gasteiger partial charge in [-0.15, -0.1) is 47.2 Å². The summed E-state index contributed by atoms with van der Waals surface area (Å²) in [5, 5.41) is 2.44. The molecule has 2 aromatic rings. The Hall–Kier alpha value is -0.534. The van der Waals surface area contributed by atoms with Crippen molar-refractivity contribution in [2.45, 2.75) is 6.92 Å². The van der Waals surface area contributed by atoms with E-state index < -0.39 is 0 Å². The first kappa shape index (κ1) is 12.5. The second-order valence-electron chi connectivity index (χ2n) is 2.26. The van der Waals surface area contributed by atoms with Gasteiger partial charge >= 0.3 is 23.1 Å². The predicted molar refractivity (Wildman–Crippen MR) is 59.6 cm³/mol. The smallest absolute Gasteiger partial charge is 0.346 e. The molecule has 0 bridgehead atoms. The van der Waals surface area contributed by atoms with Crippen molar-refractivity contribution in [2.75, 3.05) is 0 Å². The second kappa shape index (κ2) is 6.93. The fourth-order valence-electron chi connectivity index (χ4n) is 1.06. The Morgan fingerprint density at radius 1 is 1.00 bits per heavy atom. The van der Waals surface area contributed by atoms with Crippen LogP contribution in [0.2, 0.25) is 0 Å². The van der Waals surface area contributed by atoms with Crippen molar-refractivity contribution in [1.29, 1.82) is 0 Å². The van der Waals surface area contributed by atoms with E-state index in [-0.39, 0.29) is 23.1 Å². The zero-order valence-corrected chi connectivity index (χ0v) is 9.37. The molecule has 2 rings (SSSR count). The van der Waals surface area contributed by atoms with Crippen LogP contribution in [0.15, 0.2) is 42.5 Å². The molecule has 0 saturated carbocycles. The molecule has 2 aromatic carbocycles. The zero-order chi connectivity index (χ0) is 8.81. The summed E-state index contributed by atoms with van der Waals surface area (Å²) >= 11 is 0. The van der Waals surface area contributed by atoms with E-state index in [9.17, 15) is 0 Å². The first-order valence-electron chi connectivity index (χ1n) is 4.03. The van der Waals surface area contributed by atoms with Crippen molar-refractivity contribution in [3.8, 4) is 0 Å². The minimum Gasteiger partial charge on any atom is -0.346 e. The number of benzene rings is 2. The van der Waals surface area contributed by atoms with Gasteiger partial charge in [0.2, 0.25) is 0 Å². The summed E-state index contributed by atoms with van der Waals surface area (Å²) in [5.41, 5.74) is 0. The second-order valence-corrected chi connectivity index (χ2v) is 2.26. The minimum atomic E-state index is 0. The van der Waals surface area contributed by atoms with Crippen molar-refractivity contribution >= 4 is 33.8 Å². The molecule has 0 aliphatic rings. The molecule has 0 aromatic heterocycles. The average molecular weight is 181 g/mol. The summed E-state index contributed by atoms with van der Waals surface area (Å²) in [5.74, 6) is 0. The molecule has 0 saturated heterocycles. The van der Waals surface area contributed by atoms with E-state index in [1.54, 1.807) is 6.92 Å². The van der Waals surface area contributed by atoms with E-state index in [0.717, 1.165) is 0 Å². The Morgan fingerprint density at radius 2 is 1.62 bits per heavy atom. The van der Waals surface area contributed by atoms with Crippen molar-refractivity contribution < 1.29 is 0 Å². The molecule has 0 radical (unpaired) electrons. The molecule has 1 heteroatoms. The van der Waals surface area contributed by atoms with Crippen LogP contribution in [-0.2, 0) is 0 Å². The van der Waals surface area contributed by atoms with Crippen molar-refractivity contribution in [3.63, 3.8) is 0 Å². The SMILES string of the molecule is [CH2-]C.[Mg+2].[c-]1cccc2ccccc12. The third kappa shape index (κ3) is 3.37. The Balaban J connectivity index is 0.000000451. The molecule has 0 unspecified atom stereocenters. The van der Waals surface area contributed by atoms with Gasteiger partial charge in [0, 0.05) is 0 Å².